The molecule has 0 radical (unpaired) electrons. The van der Waals surface area contributed by atoms with Crippen LogP contribution in [0.25, 0.3) is 0 Å². The monoisotopic (exact) mass is 175 g/mol. The van der Waals surface area contributed by atoms with Crippen LogP contribution in [0.4, 0.5) is 0 Å². The van der Waals surface area contributed by atoms with Gasteiger partial charge >= 0.3 is 0 Å². The molecule has 0 bridgehead atoms. The number of nitrogens with zero attached hydrogens (tertiary/aromatic N) is 1. The third-order valence-corrected chi connectivity index (χ3v) is 1.29. The molecule has 0 saturated carbocycles. The Morgan fingerprint density at radius 2 is 2.12 bits per heavy atom. The summed E-state index contributed by atoms with van der Waals surface area (Å²) in [5.41, 5.74) is 0.162. The summed E-state index contributed by atoms with van der Waals surface area (Å²) in [6, 6.07) is 0. The van der Waals surface area contributed by atoms with Crippen molar-refractivity contribution < 1.29 is 5.21 Å². The molecule has 1 N–H and O–H groups in total. The van der Waals surface area contributed by atoms with Crippen molar-refractivity contribution in [3.05, 3.63) is 0 Å². The summed E-state index contributed by atoms with van der Waals surface area (Å²) in [4.78, 5) is -0.808. The fourth-order valence-electron chi connectivity index (χ4n) is 0.129. The number of halogens is 3. The summed E-state index contributed by atoms with van der Waals surface area (Å²) in [6.07, 6.45) is 0. The highest BCUT2D eigenvalue weighted by molar-refractivity contribution is 6.56. The van der Waals surface area contributed by atoms with Gasteiger partial charge in [0.05, 0.1) is 5.88 Å². The zero-order valence-corrected chi connectivity index (χ0v) is 6.08. The van der Waals surface area contributed by atoms with Crippen molar-refractivity contribution in [2.45, 2.75) is 4.84 Å². The van der Waals surface area contributed by atoms with Gasteiger partial charge in [-0.2, -0.15) is 0 Å². The summed E-state index contributed by atoms with van der Waals surface area (Å²) in [5, 5.41) is 10.8. The molecule has 0 aromatic heterocycles. The van der Waals surface area contributed by atoms with Crippen LogP contribution in [0.3, 0.4) is 0 Å². The topological polar surface area (TPSA) is 32.6 Å². The Labute approximate surface area is 62.0 Å². The molecule has 48 valence electrons. The SMILES string of the molecule is ON=C(CCl)C(Cl)Cl. The molecule has 0 amide bonds. The van der Waals surface area contributed by atoms with E-state index < -0.39 is 4.84 Å². The molecule has 0 atom stereocenters. The molecular formula is C3H4Cl3NO. The number of alkyl halides is 3. The van der Waals surface area contributed by atoms with Crippen LogP contribution in [0.1, 0.15) is 0 Å². The van der Waals surface area contributed by atoms with E-state index in [1.165, 1.54) is 0 Å². The minimum Gasteiger partial charge on any atom is -0.411 e. The lowest BCUT2D eigenvalue weighted by atomic mass is 10.5. The molecule has 5 heteroatoms. The summed E-state index contributed by atoms with van der Waals surface area (Å²) in [5.74, 6) is 0.0498. The van der Waals surface area contributed by atoms with E-state index >= 15 is 0 Å². The van der Waals surface area contributed by atoms with Crippen LogP contribution >= 0.6 is 34.8 Å². The van der Waals surface area contributed by atoms with E-state index in [-0.39, 0.29) is 11.6 Å². The highest BCUT2D eigenvalue weighted by atomic mass is 35.5. The highest BCUT2D eigenvalue weighted by Gasteiger charge is 2.06. The van der Waals surface area contributed by atoms with E-state index in [0.717, 1.165) is 0 Å². The molecule has 0 aromatic rings. The van der Waals surface area contributed by atoms with Crippen molar-refractivity contribution in [2.75, 3.05) is 5.88 Å². The Bertz CT molecular complexity index is 92.5. The van der Waals surface area contributed by atoms with E-state index in [9.17, 15) is 0 Å². The predicted octanol–water partition coefficient (Wildman–Crippen LogP) is 1.86. The third-order valence-electron chi connectivity index (χ3n) is 0.517. The summed E-state index contributed by atoms with van der Waals surface area (Å²) in [7, 11) is 0. The molecule has 8 heavy (non-hydrogen) atoms. The lowest BCUT2D eigenvalue weighted by Gasteiger charge is -1.95. The van der Waals surface area contributed by atoms with Gasteiger partial charge in [-0.15, -0.1) is 11.6 Å². The quantitative estimate of drug-likeness (QED) is 0.296. The van der Waals surface area contributed by atoms with Gasteiger partial charge in [0, 0.05) is 0 Å². The first-order valence-corrected chi connectivity index (χ1v) is 3.18. The van der Waals surface area contributed by atoms with E-state index in [4.69, 9.17) is 40.0 Å². The fourth-order valence-corrected chi connectivity index (χ4v) is 0.736. The van der Waals surface area contributed by atoms with E-state index in [2.05, 4.69) is 5.16 Å². The molecule has 2 nitrogen and oxygen atoms in total. The van der Waals surface area contributed by atoms with Gasteiger partial charge in [0.2, 0.25) is 0 Å². The van der Waals surface area contributed by atoms with E-state index in [0.29, 0.717) is 0 Å². The van der Waals surface area contributed by atoms with Crippen molar-refractivity contribution in [3.63, 3.8) is 0 Å². The molecular weight excluding hydrogens is 172 g/mol. The summed E-state index contributed by atoms with van der Waals surface area (Å²) >= 11 is 15.7. The molecule has 0 unspecified atom stereocenters. The first-order chi connectivity index (χ1) is 3.72. The Morgan fingerprint density at radius 1 is 1.62 bits per heavy atom. The number of oxime groups is 1. The Morgan fingerprint density at radius 3 is 2.12 bits per heavy atom. The third kappa shape index (κ3) is 2.60. The maximum atomic E-state index is 8.03. The largest absolute Gasteiger partial charge is 0.411 e. The van der Waals surface area contributed by atoms with E-state index in [1.807, 2.05) is 0 Å². The van der Waals surface area contributed by atoms with E-state index in [1.54, 1.807) is 0 Å². The van der Waals surface area contributed by atoms with Crippen LogP contribution in [0.5, 0.6) is 0 Å². The van der Waals surface area contributed by atoms with Gasteiger partial charge in [0.1, 0.15) is 10.5 Å². The average Bonchev–Trinajstić information content (AvgIpc) is 1.69. The Kier molecular flexibility index (Phi) is 4.42. The molecule has 0 heterocycles. The lowest BCUT2D eigenvalue weighted by molar-refractivity contribution is 0.318. The predicted molar refractivity (Wildman–Crippen MR) is 35.4 cm³/mol. The van der Waals surface area contributed by atoms with Gasteiger partial charge in [-0.1, -0.05) is 28.4 Å². The molecule has 0 fully saturated rings. The van der Waals surface area contributed by atoms with Crippen LogP contribution in [0, 0.1) is 0 Å². The number of hydrogen-bond acceptors (Lipinski definition) is 2. The minimum atomic E-state index is -0.808. The Hall–Kier alpha value is 0.340. The van der Waals surface area contributed by atoms with Gasteiger partial charge in [0.15, 0.2) is 0 Å². The molecule has 0 rings (SSSR count). The zero-order chi connectivity index (χ0) is 6.57. The van der Waals surface area contributed by atoms with Crippen molar-refractivity contribution >= 4 is 40.5 Å². The molecule has 0 aliphatic heterocycles. The molecule has 0 aromatic carbocycles. The lowest BCUT2D eigenvalue weighted by Crippen LogP contribution is -2.09. The summed E-state index contributed by atoms with van der Waals surface area (Å²) in [6.45, 7) is 0. The van der Waals surface area contributed by atoms with Gasteiger partial charge in [-0.3, -0.25) is 0 Å². The maximum absolute atomic E-state index is 8.03. The number of hydrogen-bond donors (Lipinski definition) is 1. The smallest absolute Gasteiger partial charge is 0.150 e. The second kappa shape index (κ2) is 4.24. The zero-order valence-electron chi connectivity index (χ0n) is 3.81. The van der Waals surface area contributed by atoms with Gasteiger partial charge in [-0.05, 0) is 0 Å². The number of rotatable bonds is 2. The Balaban J connectivity index is 3.72. The highest BCUT2D eigenvalue weighted by Crippen LogP contribution is 2.04. The van der Waals surface area contributed by atoms with Crippen LogP contribution in [0.2, 0.25) is 0 Å². The first-order valence-electron chi connectivity index (χ1n) is 1.77. The molecule has 0 saturated heterocycles. The van der Waals surface area contributed by atoms with Crippen molar-refractivity contribution in [3.8, 4) is 0 Å². The van der Waals surface area contributed by atoms with Crippen LogP contribution in [-0.2, 0) is 0 Å². The van der Waals surface area contributed by atoms with Crippen LogP contribution < -0.4 is 0 Å². The standard InChI is InChI=1S/C3H4Cl3NO/c4-1-2(7-8)3(5)6/h3,8H,1H2. The molecule has 0 aliphatic rings. The average molecular weight is 176 g/mol. The van der Waals surface area contributed by atoms with Gasteiger partial charge in [0.25, 0.3) is 0 Å². The van der Waals surface area contributed by atoms with Crippen molar-refractivity contribution in [1.29, 1.82) is 0 Å². The van der Waals surface area contributed by atoms with Gasteiger partial charge in [-0.25, -0.2) is 0 Å². The second-order valence-electron chi connectivity index (χ2n) is 1.03. The first kappa shape index (κ1) is 8.34. The van der Waals surface area contributed by atoms with Crippen molar-refractivity contribution in [1.82, 2.24) is 0 Å². The van der Waals surface area contributed by atoms with Crippen molar-refractivity contribution in [2.24, 2.45) is 5.16 Å². The fraction of sp³-hybridized carbons (Fsp3) is 0.667. The molecule has 0 spiro atoms. The maximum Gasteiger partial charge on any atom is 0.150 e. The summed E-state index contributed by atoms with van der Waals surface area (Å²) < 4.78 is 0. The van der Waals surface area contributed by atoms with Gasteiger partial charge < -0.3 is 5.21 Å². The second-order valence-corrected chi connectivity index (χ2v) is 2.39. The molecule has 0 aliphatic carbocycles. The minimum absolute atomic E-state index is 0.0498. The van der Waals surface area contributed by atoms with Crippen LogP contribution in [0.15, 0.2) is 5.16 Å². The normalized spacial score (nSPS) is 12.8. The van der Waals surface area contributed by atoms with Crippen LogP contribution in [-0.4, -0.2) is 21.6 Å².